The molecule has 0 bridgehead atoms. The van der Waals surface area contributed by atoms with Crippen molar-refractivity contribution in [2.24, 2.45) is 0 Å². The molecule has 1 aromatic heterocycles. The summed E-state index contributed by atoms with van der Waals surface area (Å²) in [5.41, 5.74) is 4.93. The Bertz CT molecular complexity index is 940. The van der Waals surface area contributed by atoms with Crippen molar-refractivity contribution in [1.29, 1.82) is 0 Å². The van der Waals surface area contributed by atoms with Crippen LogP contribution in [0, 0.1) is 6.92 Å². The topological polar surface area (TPSA) is 51.4 Å². The van der Waals surface area contributed by atoms with E-state index in [1.807, 2.05) is 11.0 Å². The number of hydrogen-bond donors (Lipinski definition) is 2. The van der Waals surface area contributed by atoms with Gasteiger partial charge in [0.05, 0.1) is 0 Å². The van der Waals surface area contributed by atoms with Gasteiger partial charge in [0.25, 0.3) is 0 Å². The number of fused-ring (bicyclic) bond motifs is 1. The van der Waals surface area contributed by atoms with Gasteiger partial charge in [-0.1, -0.05) is 48.0 Å². The lowest BCUT2D eigenvalue weighted by Gasteiger charge is -2.34. The Labute approximate surface area is 166 Å². The summed E-state index contributed by atoms with van der Waals surface area (Å²) >= 11 is 0. The predicted molar refractivity (Wildman–Crippen MR) is 113 cm³/mol. The number of urea groups is 1. The molecule has 2 amide bonds. The Balaban J connectivity index is 1.22. The number of benzene rings is 2. The number of carbonyl (C=O) groups excluding carboxylic acids is 1. The van der Waals surface area contributed by atoms with Crippen LogP contribution in [0.4, 0.5) is 4.79 Å². The van der Waals surface area contributed by atoms with Crippen LogP contribution in [-0.4, -0.2) is 53.5 Å². The van der Waals surface area contributed by atoms with Gasteiger partial charge < -0.3 is 15.2 Å². The number of rotatable bonds is 5. The van der Waals surface area contributed by atoms with Crippen LogP contribution < -0.4 is 5.32 Å². The van der Waals surface area contributed by atoms with E-state index in [4.69, 9.17) is 0 Å². The first-order valence-electron chi connectivity index (χ1n) is 10.0. The van der Waals surface area contributed by atoms with E-state index in [-0.39, 0.29) is 6.03 Å². The van der Waals surface area contributed by atoms with Gasteiger partial charge in [0.2, 0.25) is 0 Å². The van der Waals surface area contributed by atoms with E-state index >= 15 is 0 Å². The highest BCUT2D eigenvalue weighted by atomic mass is 16.2. The number of nitrogens with zero attached hydrogens (tertiary/aromatic N) is 2. The normalized spacial score (nSPS) is 15.1. The van der Waals surface area contributed by atoms with Crippen molar-refractivity contribution >= 4 is 16.9 Å². The molecule has 0 radical (unpaired) electrons. The van der Waals surface area contributed by atoms with E-state index in [1.165, 1.54) is 22.0 Å². The van der Waals surface area contributed by atoms with Gasteiger partial charge in [-0.05, 0) is 30.5 Å². The van der Waals surface area contributed by atoms with E-state index < -0.39 is 0 Å². The number of aromatic nitrogens is 1. The molecule has 0 saturated carbocycles. The molecule has 146 valence electrons. The van der Waals surface area contributed by atoms with E-state index in [9.17, 15) is 4.79 Å². The van der Waals surface area contributed by atoms with Gasteiger partial charge in [0, 0.05) is 56.4 Å². The third kappa shape index (κ3) is 4.37. The Kier molecular flexibility index (Phi) is 5.63. The zero-order valence-corrected chi connectivity index (χ0v) is 16.4. The van der Waals surface area contributed by atoms with Crippen molar-refractivity contribution < 1.29 is 4.79 Å². The number of hydrogen-bond acceptors (Lipinski definition) is 2. The Morgan fingerprint density at radius 3 is 2.71 bits per heavy atom. The maximum absolute atomic E-state index is 12.4. The molecule has 2 aromatic carbocycles. The first kappa shape index (κ1) is 18.6. The fourth-order valence-corrected chi connectivity index (χ4v) is 3.90. The van der Waals surface area contributed by atoms with Crippen molar-refractivity contribution in [2.45, 2.75) is 19.9 Å². The second-order valence-electron chi connectivity index (χ2n) is 7.59. The summed E-state index contributed by atoms with van der Waals surface area (Å²) in [4.78, 5) is 20.2. The summed E-state index contributed by atoms with van der Waals surface area (Å²) in [7, 11) is 0. The molecule has 0 unspecified atom stereocenters. The monoisotopic (exact) mass is 376 g/mol. The van der Waals surface area contributed by atoms with Crippen LogP contribution in [0.2, 0.25) is 0 Å². The van der Waals surface area contributed by atoms with Crippen molar-refractivity contribution in [3.05, 3.63) is 71.4 Å². The van der Waals surface area contributed by atoms with E-state index in [1.54, 1.807) is 0 Å². The van der Waals surface area contributed by atoms with E-state index in [0.29, 0.717) is 6.54 Å². The first-order valence-corrected chi connectivity index (χ1v) is 10.0. The zero-order chi connectivity index (χ0) is 19.3. The molecule has 2 heterocycles. The highest BCUT2D eigenvalue weighted by Gasteiger charge is 2.20. The molecule has 0 aliphatic carbocycles. The van der Waals surface area contributed by atoms with Crippen LogP contribution in [-0.2, 0) is 13.0 Å². The Morgan fingerprint density at radius 2 is 1.89 bits per heavy atom. The number of nitrogens with one attached hydrogen (secondary N) is 2. The SMILES string of the molecule is Cc1cccc(CNC(=O)N2CCN(CCc3c[nH]c4ccccc34)CC2)c1. The summed E-state index contributed by atoms with van der Waals surface area (Å²) in [6, 6.07) is 16.8. The van der Waals surface area contributed by atoms with Crippen molar-refractivity contribution in [1.82, 2.24) is 20.1 Å². The largest absolute Gasteiger partial charge is 0.361 e. The van der Waals surface area contributed by atoms with Gasteiger partial charge in [-0.15, -0.1) is 0 Å². The second-order valence-corrected chi connectivity index (χ2v) is 7.59. The van der Waals surface area contributed by atoms with Crippen LogP contribution in [0.15, 0.2) is 54.7 Å². The number of carbonyl (C=O) groups is 1. The second kappa shape index (κ2) is 8.48. The van der Waals surface area contributed by atoms with Gasteiger partial charge in [-0.3, -0.25) is 4.90 Å². The molecule has 1 saturated heterocycles. The first-order chi connectivity index (χ1) is 13.7. The van der Waals surface area contributed by atoms with Gasteiger partial charge in [-0.25, -0.2) is 4.79 Å². The standard InChI is InChI=1S/C23H28N4O/c1-18-5-4-6-19(15-18)16-25-23(28)27-13-11-26(12-14-27)10-9-20-17-24-22-8-3-2-7-21(20)22/h2-8,15,17,24H,9-14,16H2,1H3,(H,25,28). The fourth-order valence-electron chi connectivity index (χ4n) is 3.90. The lowest BCUT2D eigenvalue weighted by Crippen LogP contribution is -2.51. The van der Waals surface area contributed by atoms with Crippen LogP contribution in [0.25, 0.3) is 10.9 Å². The molecule has 3 aromatic rings. The molecule has 0 atom stereocenters. The maximum atomic E-state index is 12.4. The van der Waals surface area contributed by atoms with Crippen molar-refractivity contribution in [3.8, 4) is 0 Å². The third-order valence-electron chi connectivity index (χ3n) is 5.56. The summed E-state index contributed by atoms with van der Waals surface area (Å²) in [6.45, 7) is 7.12. The molecule has 5 nitrogen and oxygen atoms in total. The van der Waals surface area contributed by atoms with Crippen molar-refractivity contribution in [2.75, 3.05) is 32.7 Å². The van der Waals surface area contributed by atoms with Gasteiger partial charge in [0.1, 0.15) is 0 Å². The van der Waals surface area contributed by atoms with E-state index in [2.05, 4.69) is 70.8 Å². The number of para-hydroxylation sites is 1. The molecule has 4 rings (SSSR count). The minimum atomic E-state index is 0.0396. The molecular weight excluding hydrogens is 348 g/mol. The van der Waals surface area contributed by atoms with Gasteiger partial charge in [-0.2, -0.15) is 0 Å². The Hall–Kier alpha value is -2.79. The number of aromatic amines is 1. The lowest BCUT2D eigenvalue weighted by atomic mass is 10.1. The third-order valence-corrected chi connectivity index (χ3v) is 5.56. The smallest absolute Gasteiger partial charge is 0.317 e. The molecule has 1 fully saturated rings. The van der Waals surface area contributed by atoms with Crippen LogP contribution in [0.1, 0.15) is 16.7 Å². The molecular formula is C23H28N4O. The van der Waals surface area contributed by atoms with Crippen LogP contribution >= 0.6 is 0 Å². The molecule has 28 heavy (non-hydrogen) atoms. The minimum absolute atomic E-state index is 0.0396. The van der Waals surface area contributed by atoms with Crippen LogP contribution in [0.5, 0.6) is 0 Å². The van der Waals surface area contributed by atoms with Crippen molar-refractivity contribution in [3.63, 3.8) is 0 Å². The molecule has 2 N–H and O–H groups in total. The summed E-state index contributed by atoms with van der Waals surface area (Å²) in [6.07, 6.45) is 3.16. The molecule has 1 aliphatic heterocycles. The highest BCUT2D eigenvalue weighted by molar-refractivity contribution is 5.83. The average molecular weight is 377 g/mol. The van der Waals surface area contributed by atoms with Gasteiger partial charge >= 0.3 is 6.03 Å². The molecule has 1 aliphatic rings. The molecule has 0 spiro atoms. The minimum Gasteiger partial charge on any atom is -0.361 e. The summed E-state index contributed by atoms with van der Waals surface area (Å²) in [5, 5.41) is 4.37. The molecule has 5 heteroatoms. The van der Waals surface area contributed by atoms with Gasteiger partial charge in [0.15, 0.2) is 0 Å². The number of amides is 2. The Morgan fingerprint density at radius 1 is 1.07 bits per heavy atom. The summed E-state index contributed by atoms with van der Waals surface area (Å²) < 4.78 is 0. The van der Waals surface area contributed by atoms with Crippen LogP contribution in [0.3, 0.4) is 0 Å². The summed E-state index contributed by atoms with van der Waals surface area (Å²) in [5.74, 6) is 0. The quantitative estimate of drug-likeness (QED) is 0.716. The predicted octanol–water partition coefficient (Wildman–Crippen LogP) is 3.55. The maximum Gasteiger partial charge on any atom is 0.317 e. The van der Waals surface area contributed by atoms with E-state index in [0.717, 1.165) is 44.7 Å². The number of piperazine rings is 1. The fraction of sp³-hybridized carbons (Fsp3) is 0.348. The lowest BCUT2D eigenvalue weighted by molar-refractivity contribution is 0.140. The highest BCUT2D eigenvalue weighted by Crippen LogP contribution is 2.18. The number of H-pyrrole nitrogens is 1. The number of aryl methyl sites for hydroxylation is 1. The zero-order valence-electron chi connectivity index (χ0n) is 16.4. The average Bonchev–Trinajstić information content (AvgIpc) is 3.14.